The van der Waals surface area contributed by atoms with Gasteiger partial charge < -0.3 is 14.2 Å². The fraction of sp³-hybridized carbons (Fsp3) is 0.395. The fourth-order valence-corrected chi connectivity index (χ4v) is 6.90. The molecule has 3 aromatic rings. The lowest BCUT2D eigenvalue weighted by Gasteiger charge is -2.33. The Bertz CT molecular complexity index is 1630. The van der Waals surface area contributed by atoms with Gasteiger partial charge in [-0.05, 0) is 50.4 Å². The Balaban J connectivity index is 1.36. The summed E-state index contributed by atoms with van der Waals surface area (Å²) in [5.74, 6) is -2.81. The largest absolute Gasteiger partial charge is 0.463 e. The lowest BCUT2D eigenvalue weighted by molar-refractivity contribution is -0.384. The van der Waals surface area contributed by atoms with Crippen molar-refractivity contribution < 1.29 is 28.7 Å². The molecule has 5 rings (SSSR count). The predicted molar refractivity (Wildman–Crippen MR) is 183 cm³/mol. The van der Waals surface area contributed by atoms with Gasteiger partial charge in [-0.25, -0.2) is 4.79 Å². The number of nitro benzene ring substituents is 1. The van der Waals surface area contributed by atoms with Crippen LogP contribution >= 0.6 is 0 Å². The molecule has 0 aromatic heterocycles. The van der Waals surface area contributed by atoms with E-state index in [0.717, 1.165) is 19.5 Å². The average Bonchev–Trinajstić information content (AvgIpc) is 3.45. The van der Waals surface area contributed by atoms with E-state index in [1.165, 1.54) is 30.4 Å². The summed E-state index contributed by atoms with van der Waals surface area (Å²) in [7, 11) is 1.50. The van der Waals surface area contributed by atoms with Gasteiger partial charge in [0.05, 0.1) is 17.1 Å². The topological polar surface area (TPSA) is 121 Å². The van der Waals surface area contributed by atoms with Gasteiger partial charge in [0.15, 0.2) is 0 Å². The maximum absolute atomic E-state index is 14.2. The van der Waals surface area contributed by atoms with Crippen LogP contribution in [0.3, 0.4) is 0 Å². The molecule has 0 N–H and O–H groups in total. The Morgan fingerprint density at radius 3 is 2.29 bits per heavy atom. The molecule has 2 aliphatic rings. The molecule has 0 aliphatic carbocycles. The van der Waals surface area contributed by atoms with Gasteiger partial charge in [0.25, 0.3) is 5.69 Å². The van der Waals surface area contributed by atoms with Crippen molar-refractivity contribution in [2.45, 2.75) is 51.0 Å². The highest BCUT2D eigenvalue weighted by atomic mass is 16.6. The fourth-order valence-electron chi connectivity index (χ4n) is 6.90. The number of carbonyl (C=O) groups excluding carboxylic acids is 2. The second-order valence-electron chi connectivity index (χ2n) is 12.7. The third-order valence-electron chi connectivity index (χ3n) is 9.27. The number of rotatable bonds is 13. The molecule has 0 radical (unpaired) electrons. The van der Waals surface area contributed by atoms with Gasteiger partial charge in [-0.1, -0.05) is 72.8 Å². The summed E-state index contributed by atoms with van der Waals surface area (Å²) < 4.78 is 16.8. The molecule has 252 valence electrons. The zero-order valence-electron chi connectivity index (χ0n) is 28.0. The van der Waals surface area contributed by atoms with Crippen molar-refractivity contribution in [3.8, 4) is 0 Å². The van der Waals surface area contributed by atoms with Crippen LogP contribution < -0.4 is 0 Å². The zero-order chi connectivity index (χ0) is 34.3. The number of benzene rings is 3. The molecular formula is C38H43N3O7. The maximum atomic E-state index is 14.2. The van der Waals surface area contributed by atoms with Crippen LogP contribution in [-0.4, -0.2) is 73.0 Å². The molecule has 0 saturated carbocycles. The first kappa shape index (κ1) is 34.7. The van der Waals surface area contributed by atoms with Crippen LogP contribution in [0.15, 0.2) is 101 Å². The monoisotopic (exact) mass is 653 g/mol. The standard InChI is InChI=1S/C38H43N3O7/c1-26-33(36(42)47-23-22-46-4)35(30-16-11-17-31(24-30)41(44)45)34(27(2)39-26)37(43)48-38(3)19-21-40(25-38)20-18-32(28-12-7-5-8-13-28)29-14-9-6-10-15-29/h5-17,24,32-33,35H,18-23,25H2,1-4H3. The Morgan fingerprint density at radius 1 is 1.00 bits per heavy atom. The number of nitro groups is 1. The third-order valence-corrected chi connectivity index (χ3v) is 9.27. The highest BCUT2D eigenvalue weighted by molar-refractivity contribution is 6.07. The average molecular weight is 654 g/mol. The second-order valence-corrected chi connectivity index (χ2v) is 12.7. The number of esters is 2. The molecule has 48 heavy (non-hydrogen) atoms. The molecule has 3 unspecified atom stereocenters. The Kier molecular flexibility index (Phi) is 11.2. The first-order valence-corrected chi connectivity index (χ1v) is 16.3. The normalized spacial score (nSPS) is 21.2. The molecule has 2 heterocycles. The van der Waals surface area contributed by atoms with E-state index in [-0.39, 0.29) is 30.4 Å². The number of likely N-dealkylation sites (tertiary alicyclic amines) is 1. The number of allylic oxidation sites excluding steroid dienone is 1. The van der Waals surface area contributed by atoms with E-state index < -0.39 is 34.3 Å². The highest BCUT2D eigenvalue weighted by Gasteiger charge is 2.45. The number of hydrogen-bond donors (Lipinski definition) is 0. The number of carbonyl (C=O) groups is 2. The minimum absolute atomic E-state index is 0.0204. The summed E-state index contributed by atoms with van der Waals surface area (Å²) in [6, 6.07) is 27.0. The van der Waals surface area contributed by atoms with Gasteiger partial charge >= 0.3 is 11.9 Å². The number of methoxy groups -OCH3 is 1. The second kappa shape index (κ2) is 15.5. The predicted octanol–water partition coefficient (Wildman–Crippen LogP) is 6.46. The zero-order valence-corrected chi connectivity index (χ0v) is 28.0. The van der Waals surface area contributed by atoms with Gasteiger partial charge in [0.2, 0.25) is 0 Å². The highest BCUT2D eigenvalue weighted by Crippen LogP contribution is 2.42. The van der Waals surface area contributed by atoms with E-state index in [1.54, 1.807) is 26.0 Å². The maximum Gasteiger partial charge on any atom is 0.337 e. The van der Waals surface area contributed by atoms with Gasteiger partial charge in [-0.2, -0.15) is 0 Å². The van der Waals surface area contributed by atoms with Crippen LogP contribution in [0.1, 0.15) is 62.1 Å². The van der Waals surface area contributed by atoms with E-state index in [9.17, 15) is 19.7 Å². The third kappa shape index (κ3) is 8.06. The summed E-state index contributed by atoms with van der Waals surface area (Å²) in [6.07, 6.45) is 1.54. The molecule has 10 heteroatoms. The smallest absolute Gasteiger partial charge is 0.337 e. The van der Waals surface area contributed by atoms with E-state index in [2.05, 4.69) is 58.4 Å². The van der Waals surface area contributed by atoms with Crippen LogP contribution in [-0.2, 0) is 23.8 Å². The Hall–Kier alpha value is -4.67. The van der Waals surface area contributed by atoms with Gasteiger partial charge in [-0.15, -0.1) is 0 Å². The van der Waals surface area contributed by atoms with Crippen LogP contribution in [0.25, 0.3) is 0 Å². The summed E-state index contributed by atoms with van der Waals surface area (Å²) in [6.45, 7) is 7.69. The van der Waals surface area contributed by atoms with Crippen molar-refractivity contribution in [1.82, 2.24) is 4.90 Å². The lowest BCUT2D eigenvalue weighted by atomic mass is 9.75. The summed E-state index contributed by atoms with van der Waals surface area (Å²) in [4.78, 5) is 45.8. The van der Waals surface area contributed by atoms with Crippen LogP contribution in [0.5, 0.6) is 0 Å². The Morgan fingerprint density at radius 2 is 1.67 bits per heavy atom. The number of aliphatic imine (C=N–C) groups is 1. The summed E-state index contributed by atoms with van der Waals surface area (Å²) >= 11 is 0. The lowest BCUT2D eigenvalue weighted by Crippen LogP contribution is -2.40. The van der Waals surface area contributed by atoms with E-state index in [0.29, 0.717) is 29.9 Å². The molecule has 2 aliphatic heterocycles. The van der Waals surface area contributed by atoms with E-state index >= 15 is 0 Å². The minimum atomic E-state index is -0.976. The molecule has 1 saturated heterocycles. The Labute approximate surface area is 281 Å². The van der Waals surface area contributed by atoms with Crippen molar-refractivity contribution in [1.29, 1.82) is 0 Å². The molecule has 10 nitrogen and oxygen atoms in total. The number of hydrogen-bond acceptors (Lipinski definition) is 9. The first-order valence-electron chi connectivity index (χ1n) is 16.3. The van der Waals surface area contributed by atoms with Crippen LogP contribution in [0, 0.1) is 16.0 Å². The SMILES string of the molecule is COCCOC(=O)C1C(C)=NC(C)=C(C(=O)OC2(C)CCN(CCC(c3ccccc3)c3ccccc3)C2)C1c1cccc([N+](=O)[O-])c1. The number of nitrogens with zero attached hydrogens (tertiary/aromatic N) is 3. The van der Waals surface area contributed by atoms with Crippen molar-refractivity contribution >= 4 is 23.3 Å². The van der Waals surface area contributed by atoms with Crippen molar-refractivity contribution in [3.05, 3.63) is 123 Å². The van der Waals surface area contributed by atoms with Crippen LogP contribution in [0.2, 0.25) is 0 Å². The summed E-state index contributed by atoms with van der Waals surface area (Å²) in [5, 5.41) is 11.7. The quantitative estimate of drug-likeness (QED) is 0.0892. The van der Waals surface area contributed by atoms with E-state index in [1.807, 2.05) is 19.1 Å². The molecule has 0 bridgehead atoms. The van der Waals surface area contributed by atoms with Crippen molar-refractivity contribution in [2.75, 3.05) is 40.0 Å². The molecule has 1 fully saturated rings. The molecular weight excluding hydrogens is 610 g/mol. The molecule has 0 spiro atoms. The summed E-state index contributed by atoms with van der Waals surface area (Å²) in [5.41, 5.74) is 3.08. The van der Waals surface area contributed by atoms with E-state index in [4.69, 9.17) is 14.2 Å². The number of non-ortho nitro benzene ring substituents is 1. The minimum Gasteiger partial charge on any atom is -0.463 e. The first-order chi connectivity index (χ1) is 23.1. The van der Waals surface area contributed by atoms with Crippen LogP contribution in [0.4, 0.5) is 5.69 Å². The molecule has 0 amide bonds. The van der Waals surface area contributed by atoms with Gasteiger partial charge in [0, 0.05) is 62.0 Å². The van der Waals surface area contributed by atoms with Gasteiger partial charge in [0.1, 0.15) is 18.1 Å². The number of ether oxygens (including phenoxy) is 3. The van der Waals surface area contributed by atoms with Crippen molar-refractivity contribution in [2.24, 2.45) is 10.9 Å². The van der Waals surface area contributed by atoms with Gasteiger partial charge in [-0.3, -0.25) is 24.8 Å². The van der Waals surface area contributed by atoms with Crippen molar-refractivity contribution in [3.63, 3.8) is 0 Å². The molecule has 3 atom stereocenters. The molecule has 3 aromatic carbocycles.